The van der Waals surface area contributed by atoms with E-state index in [0.717, 1.165) is 15.9 Å². The van der Waals surface area contributed by atoms with Gasteiger partial charge in [-0.15, -0.1) is 0 Å². The molecule has 0 aliphatic rings. The van der Waals surface area contributed by atoms with Gasteiger partial charge >= 0.3 is 0 Å². The van der Waals surface area contributed by atoms with Gasteiger partial charge in [0.15, 0.2) is 11.5 Å². The molecule has 32 heavy (non-hydrogen) atoms. The van der Waals surface area contributed by atoms with E-state index in [-0.39, 0.29) is 16.3 Å². The number of rotatable bonds is 9. The first-order valence-electron chi connectivity index (χ1n) is 9.54. The Morgan fingerprint density at radius 3 is 2.16 bits per heavy atom. The van der Waals surface area contributed by atoms with Crippen LogP contribution in [0.25, 0.3) is 0 Å². The molecule has 0 radical (unpaired) electrons. The minimum absolute atomic E-state index is 0.0389. The van der Waals surface area contributed by atoms with Crippen molar-refractivity contribution in [2.75, 3.05) is 14.2 Å². The van der Waals surface area contributed by atoms with Gasteiger partial charge in [-0.1, -0.05) is 42.5 Å². The molecule has 0 spiro atoms. The zero-order valence-corrected chi connectivity index (χ0v) is 19.3. The number of benzene rings is 3. The molecule has 0 atom stereocenters. The van der Waals surface area contributed by atoms with Gasteiger partial charge in [-0.2, -0.15) is 4.31 Å². The summed E-state index contributed by atoms with van der Waals surface area (Å²) in [4.78, 5) is -0.435. The van der Waals surface area contributed by atoms with Crippen molar-refractivity contribution in [2.24, 2.45) is 5.14 Å². The highest BCUT2D eigenvalue weighted by atomic mass is 32.2. The first kappa shape index (κ1) is 23.7. The summed E-state index contributed by atoms with van der Waals surface area (Å²) in [5, 5.41) is 5.11. The molecule has 0 saturated heterocycles. The summed E-state index contributed by atoms with van der Waals surface area (Å²) >= 11 is 0. The third-order valence-corrected chi connectivity index (χ3v) is 7.42. The average Bonchev–Trinajstić information content (AvgIpc) is 2.78. The van der Waals surface area contributed by atoms with Crippen LogP contribution in [0.1, 0.15) is 11.1 Å². The summed E-state index contributed by atoms with van der Waals surface area (Å²) < 4.78 is 61.3. The van der Waals surface area contributed by atoms with Crippen molar-refractivity contribution in [1.82, 2.24) is 4.31 Å². The molecule has 0 aliphatic heterocycles. The summed E-state index contributed by atoms with van der Waals surface area (Å²) in [6, 6.07) is 19.8. The van der Waals surface area contributed by atoms with Crippen molar-refractivity contribution < 1.29 is 26.3 Å². The number of sulfonamides is 2. The largest absolute Gasteiger partial charge is 0.493 e. The molecule has 3 aromatic rings. The highest BCUT2D eigenvalue weighted by molar-refractivity contribution is 7.90. The van der Waals surface area contributed by atoms with Crippen LogP contribution < -0.4 is 14.6 Å². The first-order valence-corrected chi connectivity index (χ1v) is 12.5. The lowest BCUT2D eigenvalue weighted by Gasteiger charge is -2.19. The fraction of sp³-hybridized carbons (Fsp3) is 0.182. The number of hydrogen-bond acceptors (Lipinski definition) is 6. The minimum atomic E-state index is -4.02. The second kappa shape index (κ2) is 9.70. The van der Waals surface area contributed by atoms with Gasteiger partial charge in [0, 0.05) is 13.6 Å². The molecule has 0 fully saturated rings. The summed E-state index contributed by atoms with van der Waals surface area (Å²) in [6.07, 6.45) is 0. The summed E-state index contributed by atoms with van der Waals surface area (Å²) in [5.74, 6) is 1.01. The quantitative estimate of drug-likeness (QED) is 0.508. The Labute approximate surface area is 188 Å². The van der Waals surface area contributed by atoms with Crippen molar-refractivity contribution in [2.45, 2.75) is 22.9 Å². The summed E-state index contributed by atoms with van der Waals surface area (Å²) in [6.45, 7) is 0.405. The molecule has 170 valence electrons. The van der Waals surface area contributed by atoms with Crippen LogP contribution in [0.15, 0.2) is 82.6 Å². The SMILES string of the molecule is COc1cc(CN(C)S(=O)(=O)c2cccc(S(N)(=O)=O)c2)ccc1OCc1ccccc1. The Balaban J connectivity index is 1.77. The number of methoxy groups -OCH3 is 1. The smallest absolute Gasteiger partial charge is 0.243 e. The zero-order valence-electron chi connectivity index (χ0n) is 17.6. The van der Waals surface area contributed by atoms with Gasteiger partial charge in [0.25, 0.3) is 0 Å². The van der Waals surface area contributed by atoms with Crippen LogP contribution in [0.4, 0.5) is 0 Å². The molecule has 0 heterocycles. The molecule has 10 heteroatoms. The van der Waals surface area contributed by atoms with E-state index in [1.54, 1.807) is 18.2 Å². The lowest BCUT2D eigenvalue weighted by Crippen LogP contribution is -2.27. The molecule has 0 amide bonds. The molecule has 0 saturated carbocycles. The van der Waals surface area contributed by atoms with Gasteiger partial charge in [-0.05, 0) is 41.5 Å². The minimum Gasteiger partial charge on any atom is -0.493 e. The molecule has 0 unspecified atom stereocenters. The summed E-state index contributed by atoms with van der Waals surface area (Å²) in [7, 11) is -5.06. The molecule has 0 aromatic heterocycles. The Kier molecular flexibility index (Phi) is 7.19. The number of primary sulfonamides is 1. The number of hydrogen-bond donors (Lipinski definition) is 1. The fourth-order valence-electron chi connectivity index (χ4n) is 3.00. The highest BCUT2D eigenvalue weighted by Gasteiger charge is 2.23. The number of ether oxygens (including phenoxy) is 2. The predicted molar refractivity (Wildman–Crippen MR) is 120 cm³/mol. The van der Waals surface area contributed by atoms with E-state index in [9.17, 15) is 16.8 Å². The molecule has 0 bridgehead atoms. The molecule has 3 aromatic carbocycles. The van der Waals surface area contributed by atoms with Gasteiger partial charge in [0.05, 0.1) is 16.9 Å². The third-order valence-electron chi connectivity index (χ3n) is 4.71. The fourth-order valence-corrected chi connectivity index (χ4v) is 4.84. The third kappa shape index (κ3) is 5.65. The van der Waals surface area contributed by atoms with Gasteiger partial charge in [0.2, 0.25) is 20.0 Å². The molecular formula is C22H24N2O6S2. The highest BCUT2D eigenvalue weighted by Crippen LogP contribution is 2.30. The van der Waals surface area contributed by atoms with E-state index in [0.29, 0.717) is 23.7 Å². The van der Waals surface area contributed by atoms with Crippen LogP contribution >= 0.6 is 0 Å². The van der Waals surface area contributed by atoms with Gasteiger partial charge in [-0.25, -0.2) is 22.0 Å². The van der Waals surface area contributed by atoms with E-state index in [2.05, 4.69) is 0 Å². The maximum atomic E-state index is 12.9. The molecule has 0 aliphatic carbocycles. The van der Waals surface area contributed by atoms with Crippen LogP contribution in [0.3, 0.4) is 0 Å². The van der Waals surface area contributed by atoms with Crippen LogP contribution in [0.5, 0.6) is 11.5 Å². The Morgan fingerprint density at radius 2 is 1.50 bits per heavy atom. The van der Waals surface area contributed by atoms with E-state index in [4.69, 9.17) is 14.6 Å². The van der Waals surface area contributed by atoms with Crippen LogP contribution in [-0.2, 0) is 33.2 Å². The second-order valence-corrected chi connectivity index (χ2v) is 10.6. The molecule has 8 nitrogen and oxygen atoms in total. The van der Waals surface area contributed by atoms with E-state index in [1.807, 2.05) is 30.3 Å². The molecule has 3 rings (SSSR count). The lowest BCUT2D eigenvalue weighted by molar-refractivity contribution is 0.284. The standard InChI is InChI=1S/C22H24N2O6S2/c1-24(32(27,28)20-10-6-9-19(14-20)31(23,25)26)15-18-11-12-21(22(13-18)29-2)30-16-17-7-4-3-5-8-17/h3-14H,15-16H2,1-2H3,(H2,23,25,26). The van der Waals surface area contributed by atoms with Crippen molar-refractivity contribution >= 4 is 20.0 Å². The Bertz CT molecular complexity index is 1290. The van der Waals surface area contributed by atoms with Gasteiger partial charge < -0.3 is 9.47 Å². The monoisotopic (exact) mass is 476 g/mol. The van der Waals surface area contributed by atoms with Crippen molar-refractivity contribution in [1.29, 1.82) is 0 Å². The molecular weight excluding hydrogens is 452 g/mol. The molecule has 2 N–H and O–H groups in total. The van der Waals surface area contributed by atoms with Gasteiger partial charge in [-0.3, -0.25) is 0 Å². The van der Waals surface area contributed by atoms with Crippen molar-refractivity contribution in [3.63, 3.8) is 0 Å². The number of nitrogens with two attached hydrogens (primary N) is 1. The van der Waals surface area contributed by atoms with Gasteiger partial charge in [0.1, 0.15) is 6.61 Å². The lowest BCUT2D eigenvalue weighted by atomic mass is 10.2. The van der Waals surface area contributed by atoms with Crippen molar-refractivity contribution in [3.8, 4) is 11.5 Å². The predicted octanol–water partition coefficient (Wildman–Crippen LogP) is 2.74. The van der Waals surface area contributed by atoms with E-state index < -0.39 is 20.0 Å². The maximum Gasteiger partial charge on any atom is 0.243 e. The van der Waals surface area contributed by atoms with Crippen LogP contribution in [0, 0.1) is 0 Å². The van der Waals surface area contributed by atoms with Crippen molar-refractivity contribution in [3.05, 3.63) is 83.9 Å². The van der Waals surface area contributed by atoms with Crippen LogP contribution in [-0.4, -0.2) is 35.3 Å². The van der Waals surface area contributed by atoms with Crippen LogP contribution in [0.2, 0.25) is 0 Å². The second-order valence-electron chi connectivity index (χ2n) is 7.04. The topological polar surface area (TPSA) is 116 Å². The number of nitrogens with zero attached hydrogens (tertiary/aromatic N) is 1. The average molecular weight is 477 g/mol. The van der Waals surface area contributed by atoms with E-state index in [1.165, 1.54) is 32.4 Å². The Morgan fingerprint density at radius 1 is 0.812 bits per heavy atom. The normalized spacial score (nSPS) is 12.0. The zero-order chi connectivity index (χ0) is 23.4. The maximum absolute atomic E-state index is 12.9. The first-order chi connectivity index (χ1) is 15.1. The Hall–Kier alpha value is -2.92. The van der Waals surface area contributed by atoms with E-state index >= 15 is 0 Å². The summed E-state index contributed by atoms with van der Waals surface area (Å²) in [5.41, 5.74) is 1.67.